The van der Waals surface area contributed by atoms with Crippen molar-refractivity contribution in [1.29, 1.82) is 0 Å². The number of hydrogen-bond donors (Lipinski definition) is 0. The molecule has 0 N–H and O–H groups in total. The van der Waals surface area contributed by atoms with E-state index in [1.54, 1.807) is 6.92 Å². The molecule has 8 heteroatoms. The van der Waals surface area contributed by atoms with Crippen LogP contribution in [0.15, 0.2) is 29.3 Å². The molecule has 2 rings (SSSR count). The molecule has 0 fully saturated rings. The first-order valence-electron chi connectivity index (χ1n) is 7.14. The van der Waals surface area contributed by atoms with Gasteiger partial charge in [-0.25, -0.2) is 4.39 Å². The lowest BCUT2D eigenvalue weighted by Gasteiger charge is -2.12. The highest BCUT2D eigenvalue weighted by atomic mass is 32.2. The number of benzene rings is 1. The van der Waals surface area contributed by atoms with Gasteiger partial charge in [0.1, 0.15) is 11.6 Å². The van der Waals surface area contributed by atoms with Crippen molar-refractivity contribution in [2.75, 3.05) is 7.11 Å². The number of halogens is 1. The van der Waals surface area contributed by atoms with Crippen molar-refractivity contribution in [2.24, 2.45) is 0 Å². The Morgan fingerprint density at radius 3 is 2.57 bits per heavy atom. The molecular weight excluding hydrogens is 323 g/mol. The average molecular weight is 342 g/mol. The van der Waals surface area contributed by atoms with Crippen LogP contribution in [0.2, 0.25) is 0 Å². The summed E-state index contributed by atoms with van der Waals surface area (Å²) in [6.07, 6.45) is 0. The van der Waals surface area contributed by atoms with Crippen LogP contribution in [0.25, 0.3) is 0 Å². The molecule has 0 aliphatic rings. The first-order valence-corrected chi connectivity index (χ1v) is 8.55. The highest BCUT2D eigenvalue weighted by Gasteiger charge is 2.31. The van der Waals surface area contributed by atoms with Gasteiger partial charge in [0.15, 0.2) is 0 Å². The van der Waals surface area contributed by atoms with Crippen LogP contribution in [0, 0.1) is 5.82 Å². The van der Waals surface area contributed by atoms with Gasteiger partial charge in [0.05, 0.1) is 12.8 Å². The third kappa shape index (κ3) is 3.47. The first kappa shape index (κ1) is 17.3. The highest BCUT2D eigenvalue weighted by Crippen LogP contribution is 2.30. The van der Waals surface area contributed by atoms with Crippen molar-refractivity contribution < 1.29 is 21.7 Å². The summed E-state index contributed by atoms with van der Waals surface area (Å²) in [5.41, 5.74) is 0.347. The number of methoxy groups -OCH3 is 1. The summed E-state index contributed by atoms with van der Waals surface area (Å²) in [4.78, 5) is 4.23. The summed E-state index contributed by atoms with van der Waals surface area (Å²) in [5.74, 6) is -0.830. The van der Waals surface area contributed by atoms with Crippen LogP contribution >= 0.6 is 0 Å². The summed E-state index contributed by atoms with van der Waals surface area (Å²) in [7, 11) is -2.76. The minimum atomic E-state index is -4.18. The van der Waals surface area contributed by atoms with Crippen LogP contribution < -0.4 is 8.92 Å². The van der Waals surface area contributed by atoms with Crippen molar-refractivity contribution in [3.05, 3.63) is 35.8 Å². The topological polar surface area (TPSA) is 70.4 Å². The Kier molecular flexibility index (Phi) is 4.93. The van der Waals surface area contributed by atoms with E-state index in [1.807, 2.05) is 13.8 Å². The molecule has 1 aromatic heterocycles. The predicted molar refractivity (Wildman–Crippen MR) is 82.8 cm³/mol. The lowest BCUT2D eigenvalue weighted by Crippen LogP contribution is -2.17. The fraction of sp³-hybridized carbons (Fsp3) is 0.400. The van der Waals surface area contributed by atoms with Crippen LogP contribution in [0.1, 0.15) is 32.4 Å². The first-order chi connectivity index (χ1) is 10.8. The van der Waals surface area contributed by atoms with Crippen LogP contribution in [-0.2, 0) is 16.7 Å². The molecule has 0 aliphatic heterocycles. The van der Waals surface area contributed by atoms with Crippen molar-refractivity contribution in [1.82, 2.24) is 9.55 Å². The standard InChI is InChI=1S/C15H19FN2O4S/c1-5-18-14(13(10(2)3)17-15(18)21-4)23(19,20)22-12-8-6-7-11(16)9-12/h6-10H,5H2,1-4H3. The van der Waals surface area contributed by atoms with Crippen molar-refractivity contribution in [2.45, 2.75) is 38.3 Å². The van der Waals surface area contributed by atoms with Gasteiger partial charge in [-0.15, -0.1) is 0 Å². The van der Waals surface area contributed by atoms with E-state index in [2.05, 4.69) is 4.98 Å². The van der Waals surface area contributed by atoms with E-state index in [0.29, 0.717) is 12.2 Å². The zero-order valence-corrected chi connectivity index (χ0v) is 14.2. The molecule has 0 bridgehead atoms. The van der Waals surface area contributed by atoms with Gasteiger partial charge in [-0.2, -0.15) is 13.4 Å². The minimum absolute atomic E-state index is 0.0730. The number of ether oxygens (including phenoxy) is 1. The normalized spacial score (nSPS) is 11.7. The van der Waals surface area contributed by atoms with Crippen molar-refractivity contribution >= 4 is 10.1 Å². The molecule has 0 amide bonds. The summed E-state index contributed by atoms with van der Waals surface area (Å²) in [6.45, 7) is 5.76. The van der Waals surface area contributed by atoms with E-state index in [0.717, 1.165) is 6.07 Å². The number of hydrogen-bond acceptors (Lipinski definition) is 5. The molecule has 0 atom stereocenters. The summed E-state index contributed by atoms with van der Waals surface area (Å²) >= 11 is 0. The molecule has 0 saturated carbocycles. The molecule has 6 nitrogen and oxygen atoms in total. The molecule has 0 spiro atoms. The van der Waals surface area contributed by atoms with E-state index >= 15 is 0 Å². The van der Waals surface area contributed by atoms with Gasteiger partial charge in [-0.05, 0) is 25.0 Å². The average Bonchev–Trinajstić information content (AvgIpc) is 2.86. The second-order valence-electron chi connectivity index (χ2n) is 5.18. The van der Waals surface area contributed by atoms with Gasteiger partial charge < -0.3 is 8.92 Å². The molecule has 126 valence electrons. The summed E-state index contributed by atoms with van der Waals surface area (Å²) < 4.78 is 50.3. The molecule has 2 aromatic rings. The quantitative estimate of drug-likeness (QED) is 0.755. The molecular formula is C15H19FN2O4S. The second kappa shape index (κ2) is 6.57. The zero-order valence-electron chi connectivity index (χ0n) is 13.4. The van der Waals surface area contributed by atoms with Gasteiger partial charge in [0.25, 0.3) is 6.01 Å². The van der Waals surface area contributed by atoms with E-state index in [1.165, 1.54) is 29.9 Å². The van der Waals surface area contributed by atoms with E-state index in [-0.39, 0.29) is 22.7 Å². The third-order valence-corrected chi connectivity index (χ3v) is 4.51. The fourth-order valence-corrected chi connectivity index (χ4v) is 3.65. The Morgan fingerprint density at radius 2 is 2.04 bits per heavy atom. The molecule has 23 heavy (non-hydrogen) atoms. The Bertz CT molecular complexity index is 800. The summed E-state index contributed by atoms with van der Waals surface area (Å²) in [5, 5.41) is -0.0730. The monoisotopic (exact) mass is 342 g/mol. The Morgan fingerprint density at radius 1 is 1.35 bits per heavy atom. The van der Waals surface area contributed by atoms with Crippen LogP contribution in [0.4, 0.5) is 4.39 Å². The highest BCUT2D eigenvalue weighted by molar-refractivity contribution is 7.87. The van der Waals surface area contributed by atoms with E-state index in [9.17, 15) is 12.8 Å². The van der Waals surface area contributed by atoms with Crippen molar-refractivity contribution in [3.8, 4) is 11.8 Å². The molecule has 0 radical (unpaired) electrons. The Labute approximate surface area is 135 Å². The summed E-state index contributed by atoms with van der Waals surface area (Å²) in [6, 6.07) is 5.16. The van der Waals surface area contributed by atoms with Crippen molar-refractivity contribution in [3.63, 3.8) is 0 Å². The zero-order chi connectivity index (χ0) is 17.2. The van der Waals surface area contributed by atoms with Gasteiger partial charge >= 0.3 is 10.1 Å². The Hall–Kier alpha value is -2.09. The fourth-order valence-electron chi connectivity index (χ4n) is 2.20. The number of rotatable bonds is 6. The minimum Gasteiger partial charge on any atom is -0.468 e. The number of nitrogens with zero attached hydrogens (tertiary/aromatic N) is 2. The number of imidazole rings is 1. The molecule has 1 heterocycles. The largest absolute Gasteiger partial charge is 0.468 e. The van der Waals surface area contributed by atoms with E-state index < -0.39 is 15.9 Å². The molecule has 0 saturated heterocycles. The smallest absolute Gasteiger partial charge is 0.357 e. The van der Waals surface area contributed by atoms with Crippen LogP contribution in [0.3, 0.4) is 0 Å². The van der Waals surface area contributed by atoms with Crippen LogP contribution in [-0.4, -0.2) is 25.1 Å². The maximum absolute atomic E-state index is 13.2. The lowest BCUT2D eigenvalue weighted by molar-refractivity contribution is 0.351. The van der Waals surface area contributed by atoms with Gasteiger partial charge in [0, 0.05) is 12.6 Å². The van der Waals surface area contributed by atoms with Gasteiger partial charge in [0.2, 0.25) is 5.03 Å². The molecule has 0 unspecified atom stereocenters. The predicted octanol–water partition coefficient (Wildman–Crippen LogP) is 2.94. The maximum atomic E-state index is 13.2. The van der Waals surface area contributed by atoms with Crippen LogP contribution in [0.5, 0.6) is 11.8 Å². The Balaban J connectivity index is 2.56. The van der Waals surface area contributed by atoms with E-state index in [4.69, 9.17) is 8.92 Å². The van der Waals surface area contributed by atoms with Gasteiger partial charge in [-0.3, -0.25) is 4.57 Å². The maximum Gasteiger partial charge on any atom is 0.357 e. The number of aromatic nitrogens is 2. The second-order valence-corrected chi connectivity index (χ2v) is 6.64. The molecule has 1 aromatic carbocycles. The lowest BCUT2D eigenvalue weighted by atomic mass is 10.2. The van der Waals surface area contributed by atoms with Gasteiger partial charge in [-0.1, -0.05) is 19.9 Å². The third-order valence-electron chi connectivity index (χ3n) is 3.20. The molecule has 0 aliphatic carbocycles. The SMILES string of the molecule is CCn1c(OC)nc(C(C)C)c1S(=O)(=O)Oc1cccc(F)c1.